The van der Waals surface area contributed by atoms with Gasteiger partial charge in [0.15, 0.2) is 9.84 Å². The molecule has 10 heteroatoms. The molecule has 0 N–H and O–H groups in total. The predicted octanol–water partition coefficient (Wildman–Crippen LogP) is 0.964. The van der Waals surface area contributed by atoms with Gasteiger partial charge in [-0.1, -0.05) is 4.90 Å². The van der Waals surface area contributed by atoms with Crippen LogP contribution in [0.1, 0.15) is 0 Å². The molecule has 0 bridgehead atoms. The van der Waals surface area contributed by atoms with Crippen molar-refractivity contribution in [3.63, 3.8) is 0 Å². The second-order valence-corrected chi connectivity index (χ2v) is 9.63. The first-order chi connectivity index (χ1) is 7.35. The van der Waals surface area contributed by atoms with Crippen molar-refractivity contribution in [3.05, 3.63) is 34.4 Å². The van der Waals surface area contributed by atoms with Gasteiger partial charge in [-0.3, -0.25) is 0 Å². The molecule has 0 fully saturated rings. The average molecular weight is 540 g/mol. The SMILES string of the molecule is CS(=O)(=O)c1cc[c-](S(C)(=O)=O)c1S(C)(=O)=O.[CH3-].[CH3-].[CH3-].[Pt+4]. The summed E-state index contributed by atoms with van der Waals surface area (Å²) in [4.78, 5) is -1.62. The van der Waals surface area contributed by atoms with Gasteiger partial charge in [0.25, 0.3) is 0 Å². The Bertz CT molecular complexity index is 705. The van der Waals surface area contributed by atoms with Crippen LogP contribution in [0, 0.1) is 22.3 Å². The average Bonchev–Trinajstić information content (AvgIpc) is 2.42. The number of hydrogen-bond donors (Lipinski definition) is 0. The van der Waals surface area contributed by atoms with E-state index in [1.165, 1.54) is 0 Å². The van der Waals surface area contributed by atoms with Gasteiger partial charge >= 0.3 is 21.1 Å². The zero-order valence-electron chi connectivity index (χ0n) is 12.6. The predicted molar refractivity (Wildman–Crippen MR) is 80.6 cm³/mol. The van der Waals surface area contributed by atoms with Crippen molar-refractivity contribution >= 4 is 29.5 Å². The first-order valence-electron chi connectivity index (χ1n) is 4.25. The van der Waals surface area contributed by atoms with Crippen molar-refractivity contribution < 1.29 is 46.3 Å². The van der Waals surface area contributed by atoms with Gasteiger partial charge in [0.2, 0.25) is 0 Å². The molecule has 21 heavy (non-hydrogen) atoms. The van der Waals surface area contributed by atoms with Crippen LogP contribution in [-0.4, -0.2) is 44.0 Å². The van der Waals surface area contributed by atoms with Crippen LogP contribution >= 0.6 is 0 Å². The second-order valence-electron chi connectivity index (χ2n) is 3.71. The standard InChI is InChI=1S/C8H11O6S3.3CH3.Pt/c1-15(9,10)6-4-5-7(16(2,11)12)8(6)17(3,13)14;;;;/h4-5H,1-3H3;3*1H3;/q4*-1;+4. The molecule has 1 rings (SSSR count). The van der Waals surface area contributed by atoms with Gasteiger partial charge in [-0.05, 0) is 9.79 Å². The molecule has 0 radical (unpaired) electrons. The van der Waals surface area contributed by atoms with Gasteiger partial charge in [-0.15, -0.1) is 0 Å². The normalized spacial score (nSPS) is 11.2. The number of hydrogen-bond acceptors (Lipinski definition) is 6. The van der Waals surface area contributed by atoms with E-state index in [4.69, 9.17) is 0 Å². The summed E-state index contributed by atoms with van der Waals surface area (Å²) in [6.07, 6.45) is 2.41. The van der Waals surface area contributed by atoms with E-state index in [0.29, 0.717) is 0 Å². The zero-order valence-corrected chi connectivity index (χ0v) is 17.4. The monoisotopic (exact) mass is 539 g/mol. The Morgan fingerprint density at radius 1 is 0.810 bits per heavy atom. The largest absolute Gasteiger partial charge is 4.00 e. The maximum atomic E-state index is 11.5. The Labute approximate surface area is 143 Å². The topological polar surface area (TPSA) is 102 Å². The van der Waals surface area contributed by atoms with Crippen LogP contribution in [0.25, 0.3) is 0 Å². The van der Waals surface area contributed by atoms with Crippen LogP contribution in [0.5, 0.6) is 0 Å². The molecule has 0 aromatic heterocycles. The Morgan fingerprint density at radius 3 is 1.43 bits per heavy atom. The molecule has 6 nitrogen and oxygen atoms in total. The van der Waals surface area contributed by atoms with Crippen molar-refractivity contribution in [1.29, 1.82) is 0 Å². The Morgan fingerprint density at radius 2 is 1.19 bits per heavy atom. The molecular formula is C11H20O6PtS3. The fourth-order valence-electron chi connectivity index (χ4n) is 1.37. The third-order valence-corrected chi connectivity index (χ3v) is 5.72. The molecule has 1 aromatic rings. The molecule has 0 saturated heterocycles. The third-order valence-electron chi connectivity index (χ3n) is 2.00. The van der Waals surface area contributed by atoms with Gasteiger partial charge in [0.1, 0.15) is 19.7 Å². The molecule has 0 unspecified atom stereocenters. The fourth-order valence-corrected chi connectivity index (χ4v) is 5.65. The molecule has 0 aliphatic rings. The Balaban J connectivity index is -0.000000361. The molecule has 0 heterocycles. The number of rotatable bonds is 3. The smallest absolute Gasteiger partial charge is 0.358 e. The van der Waals surface area contributed by atoms with Crippen LogP contribution in [0.4, 0.5) is 0 Å². The maximum absolute atomic E-state index is 11.5. The second kappa shape index (κ2) is 8.50. The van der Waals surface area contributed by atoms with E-state index in [1.807, 2.05) is 0 Å². The first-order valence-corrected chi connectivity index (χ1v) is 9.92. The van der Waals surface area contributed by atoms with E-state index >= 15 is 0 Å². The summed E-state index contributed by atoms with van der Waals surface area (Å²) in [6.45, 7) is 0. The van der Waals surface area contributed by atoms with Gasteiger partial charge < -0.3 is 22.3 Å². The number of sulfone groups is 3. The van der Waals surface area contributed by atoms with Crippen molar-refractivity contribution in [1.82, 2.24) is 0 Å². The van der Waals surface area contributed by atoms with E-state index < -0.39 is 44.2 Å². The molecular weight excluding hydrogens is 519 g/mol. The van der Waals surface area contributed by atoms with Crippen LogP contribution in [0.15, 0.2) is 26.8 Å². The van der Waals surface area contributed by atoms with Crippen molar-refractivity contribution in [2.24, 2.45) is 0 Å². The summed E-state index contributed by atoms with van der Waals surface area (Å²) >= 11 is 0. The Kier molecular flexibility index (Phi) is 11.7. The fraction of sp³-hybridized carbons (Fsp3) is 0.273. The molecule has 0 spiro atoms. The molecule has 0 aliphatic heterocycles. The van der Waals surface area contributed by atoms with E-state index in [0.717, 1.165) is 30.9 Å². The van der Waals surface area contributed by atoms with E-state index in [-0.39, 0.29) is 43.3 Å². The van der Waals surface area contributed by atoms with Crippen LogP contribution in [0.3, 0.4) is 0 Å². The minimum atomic E-state index is -3.95. The minimum absolute atomic E-state index is 0. The minimum Gasteiger partial charge on any atom is -0.358 e. The van der Waals surface area contributed by atoms with Gasteiger partial charge in [0.05, 0.1) is 0 Å². The van der Waals surface area contributed by atoms with Gasteiger partial charge in [0, 0.05) is 18.8 Å². The zero-order chi connectivity index (χ0) is 13.6. The summed E-state index contributed by atoms with van der Waals surface area (Å²) in [7, 11) is -11.5. The van der Waals surface area contributed by atoms with E-state index in [1.54, 1.807) is 0 Å². The van der Waals surface area contributed by atoms with E-state index in [9.17, 15) is 25.3 Å². The Hall–Kier alpha value is -0.112. The van der Waals surface area contributed by atoms with Crippen LogP contribution in [0.2, 0.25) is 0 Å². The van der Waals surface area contributed by atoms with Crippen molar-refractivity contribution in [2.45, 2.75) is 14.7 Å². The molecule has 0 atom stereocenters. The molecule has 128 valence electrons. The van der Waals surface area contributed by atoms with Gasteiger partial charge in [-0.25, -0.2) is 25.3 Å². The summed E-state index contributed by atoms with van der Waals surface area (Å²) in [5, 5.41) is 0. The quantitative estimate of drug-likeness (QED) is 0.531. The third kappa shape index (κ3) is 6.67. The van der Waals surface area contributed by atoms with Crippen molar-refractivity contribution in [3.8, 4) is 0 Å². The summed E-state index contributed by atoms with van der Waals surface area (Å²) in [5.74, 6) is 0. The molecule has 0 aliphatic carbocycles. The molecule has 0 saturated carbocycles. The van der Waals surface area contributed by atoms with E-state index in [2.05, 4.69) is 0 Å². The summed E-state index contributed by atoms with van der Waals surface area (Å²) < 4.78 is 68.5. The van der Waals surface area contributed by atoms with Crippen LogP contribution < -0.4 is 0 Å². The molecule has 1 aromatic carbocycles. The first kappa shape index (κ1) is 29.0. The van der Waals surface area contributed by atoms with Crippen LogP contribution in [-0.2, 0) is 50.6 Å². The maximum Gasteiger partial charge on any atom is 4.00 e. The van der Waals surface area contributed by atoms with Gasteiger partial charge in [-0.2, -0.15) is 12.1 Å². The summed E-state index contributed by atoms with van der Waals surface area (Å²) in [6, 6.07) is 1.98. The molecule has 0 amide bonds. The summed E-state index contributed by atoms with van der Waals surface area (Å²) in [5.41, 5.74) is 0. The van der Waals surface area contributed by atoms with Crippen molar-refractivity contribution in [2.75, 3.05) is 18.8 Å².